The van der Waals surface area contributed by atoms with Crippen molar-refractivity contribution in [3.63, 3.8) is 0 Å². The van der Waals surface area contributed by atoms with Crippen molar-refractivity contribution in [1.29, 1.82) is 0 Å². The van der Waals surface area contributed by atoms with Gasteiger partial charge in [-0.1, -0.05) is 0 Å². The summed E-state index contributed by atoms with van der Waals surface area (Å²) < 4.78 is 0. The minimum atomic E-state index is 0.595. The maximum absolute atomic E-state index is 4.48. The highest BCUT2D eigenvalue weighted by Gasteiger charge is 2.09. The monoisotopic (exact) mass is 243 g/mol. The molecule has 0 radical (unpaired) electrons. The average Bonchev–Trinajstić information content (AvgIpc) is 2.86. The average molecular weight is 243 g/mol. The van der Waals surface area contributed by atoms with Crippen molar-refractivity contribution in [3.05, 3.63) is 30.0 Å². The quantitative estimate of drug-likeness (QED) is 0.747. The Morgan fingerprint density at radius 1 is 1.24 bits per heavy atom. The molecule has 1 N–H and O–H groups in total. The van der Waals surface area contributed by atoms with E-state index in [1.807, 2.05) is 18.5 Å². The molecule has 5 nitrogen and oxygen atoms in total. The molecule has 6 heteroatoms. The summed E-state index contributed by atoms with van der Waals surface area (Å²) in [7, 11) is 1.85. The fourth-order valence-corrected chi connectivity index (χ4v) is 2.34. The topological polar surface area (TPSA) is 63.6 Å². The first-order valence-electron chi connectivity index (χ1n) is 5.08. The molecule has 0 aliphatic heterocycles. The van der Waals surface area contributed by atoms with E-state index in [0.29, 0.717) is 11.5 Å². The zero-order valence-electron chi connectivity index (χ0n) is 9.08. The SMILES string of the molecule is CNc1nc(-c2cnccn2)nc2sccc12. The van der Waals surface area contributed by atoms with E-state index in [0.717, 1.165) is 16.0 Å². The van der Waals surface area contributed by atoms with E-state index in [-0.39, 0.29) is 0 Å². The highest BCUT2D eigenvalue weighted by atomic mass is 32.1. The van der Waals surface area contributed by atoms with Crippen LogP contribution < -0.4 is 5.32 Å². The number of thiophene rings is 1. The number of hydrogen-bond acceptors (Lipinski definition) is 6. The lowest BCUT2D eigenvalue weighted by Gasteiger charge is -2.04. The number of nitrogens with one attached hydrogen (secondary N) is 1. The molecule has 3 aromatic rings. The van der Waals surface area contributed by atoms with Gasteiger partial charge in [0, 0.05) is 19.4 Å². The maximum Gasteiger partial charge on any atom is 0.183 e. The van der Waals surface area contributed by atoms with E-state index in [9.17, 15) is 0 Å². The van der Waals surface area contributed by atoms with Gasteiger partial charge in [0.25, 0.3) is 0 Å². The number of aromatic nitrogens is 4. The predicted molar refractivity (Wildman–Crippen MR) is 68.0 cm³/mol. The highest BCUT2D eigenvalue weighted by Crippen LogP contribution is 2.27. The van der Waals surface area contributed by atoms with Crippen LogP contribution in [0.5, 0.6) is 0 Å². The molecule has 0 aliphatic rings. The molecule has 0 saturated carbocycles. The first-order valence-corrected chi connectivity index (χ1v) is 5.96. The second-order valence-electron chi connectivity index (χ2n) is 3.38. The van der Waals surface area contributed by atoms with Gasteiger partial charge in [-0.05, 0) is 11.4 Å². The molecule has 0 fully saturated rings. The maximum atomic E-state index is 4.48. The van der Waals surface area contributed by atoms with E-state index < -0.39 is 0 Å². The van der Waals surface area contributed by atoms with E-state index in [1.165, 1.54) is 0 Å². The van der Waals surface area contributed by atoms with Crippen LogP contribution in [0.25, 0.3) is 21.7 Å². The Hall–Kier alpha value is -2.08. The molecule has 0 saturated heterocycles. The van der Waals surface area contributed by atoms with Gasteiger partial charge in [-0.25, -0.2) is 15.0 Å². The Kier molecular flexibility index (Phi) is 2.41. The molecule has 17 heavy (non-hydrogen) atoms. The van der Waals surface area contributed by atoms with Gasteiger partial charge >= 0.3 is 0 Å². The molecule has 0 spiro atoms. The minimum absolute atomic E-state index is 0.595. The van der Waals surface area contributed by atoms with Crippen molar-refractivity contribution >= 4 is 27.4 Å². The molecule has 0 aromatic carbocycles. The summed E-state index contributed by atoms with van der Waals surface area (Å²) in [6.45, 7) is 0. The summed E-state index contributed by atoms with van der Waals surface area (Å²) in [6, 6.07) is 2.01. The van der Waals surface area contributed by atoms with Gasteiger partial charge in [-0.3, -0.25) is 4.98 Å². The molecule has 0 amide bonds. The second-order valence-corrected chi connectivity index (χ2v) is 4.27. The highest BCUT2D eigenvalue weighted by molar-refractivity contribution is 7.16. The van der Waals surface area contributed by atoms with Crippen molar-refractivity contribution in [3.8, 4) is 11.5 Å². The molecular formula is C11H9N5S. The second kappa shape index (κ2) is 4.06. The first kappa shape index (κ1) is 10.1. The largest absolute Gasteiger partial charge is 0.372 e. The lowest BCUT2D eigenvalue weighted by Crippen LogP contribution is -1.98. The van der Waals surface area contributed by atoms with Crippen LogP contribution in [-0.2, 0) is 0 Å². The Morgan fingerprint density at radius 2 is 2.18 bits per heavy atom. The van der Waals surface area contributed by atoms with Crippen LogP contribution in [0.2, 0.25) is 0 Å². The molecule has 3 aromatic heterocycles. The van der Waals surface area contributed by atoms with Crippen LogP contribution in [0.4, 0.5) is 5.82 Å². The number of fused-ring (bicyclic) bond motifs is 1. The molecule has 84 valence electrons. The third-order valence-electron chi connectivity index (χ3n) is 2.35. The van der Waals surface area contributed by atoms with Gasteiger partial charge in [0.15, 0.2) is 5.82 Å². The van der Waals surface area contributed by atoms with Crippen LogP contribution in [0, 0.1) is 0 Å². The Balaban J connectivity index is 2.24. The van der Waals surface area contributed by atoms with E-state index in [2.05, 4.69) is 25.3 Å². The summed E-state index contributed by atoms with van der Waals surface area (Å²) in [4.78, 5) is 18.1. The van der Waals surface area contributed by atoms with Crippen LogP contribution in [-0.4, -0.2) is 27.0 Å². The van der Waals surface area contributed by atoms with Crippen molar-refractivity contribution in [2.45, 2.75) is 0 Å². The predicted octanol–water partition coefficient (Wildman–Crippen LogP) is 2.19. The minimum Gasteiger partial charge on any atom is -0.372 e. The summed E-state index contributed by atoms with van der Waals surface area (Å²) >= 11 is 1.59. The van der Waals surface area contributed by atoms with Crippen LogP contribution in [0.3, 0.4) is 0 Å². The molecule has 0 unspecified atom stereocenters. The Labute approximate surface area is 102 Å². The lowest BCUT2D eigenvalue weighted by atomic mass is 10.3. The standard InChI is InChI=1S/C11H9N5S/c1-12-9-7-2-5-17-11(7)16-10(15-9)8-6-13-3-4-14-8/h2-6H,1H3,(H,12,15,16). The smallest absolute Gasteiger partial charge is 0.183 e. The van der Waals surface area contributed by atoms with Crippen LogP contribution in [0.1, 0.15) is 0 Å². The third-order valence-corrected chi connectivity index (χ3v) is 3.16. The fourth-order valence-electron chi connectivity index (χ4n) is 1.58. The van der Waals surface area contributed by atoms with Gasteiger partial charge in [0.2, 0.25) is 0 Å². The summed E-state index contributed by atoms with van der Waals surface area (Å²) in [5.74, 6) is 1.41. The molecule has 3 heterocycles. The number of rotatable bonds is 2. The summed E-state index contributed by atoms with van der Waals surface area (Å²) in [6.07, 6.45) is 4.93. The lowest BCUT2D eigenvalue weighted by molar-refractivity contribution is 1.14. The molecule has 0 aliphatic carbocycles. The van der Waals surface area contributed by atoms with Crippen molar-refractivity contribution in [1.82, 2.24) is 19.9 Å². The van der Waals surface area contributed by atoms with Crippen molar-refractivity contribution < 1.29 is 0 Å². The van der Waals surface area contributed by atoms with Gasteiger partial charge in [-0.15, -0.1) is 11.3 Å². The summed E-state index contributed by atoms with van der Waals surface area (Å²) in [5, 5.41) is 6.11. The molecule has 0 bridgehead atoms. The van der Waals surface area contributed by atoms with Crippen LogP contribution >= 0.6 is 11.3 Å². The third kappa shape index (κ3) is 1.72. The molecular weight excluding hydrogens is 234 g/mol. The molecule has 0 atom stereocenters. The van der Waals surface area contributed by atoms with Gasteiger partial charge in [0.1, 0.15) is 16.3 Å². The number of hydrogen-bond donors (Lipinski definition) is 1. The van der Waals surface area contributed by atoms with Crippen molar-refractivity contribution in [2.24, 2.45) is 0 Å². The van der Waals surface area contributed by atoms with E-state index in [4.69, 9.17) is 0 Å². The van der Waals surface area contributed by atoms with Crippen LogP contribution in [0.15, 0.2) is 30.0 Å². The van der Waals surface area contributed by atoms with Gasteiger partial charge in [-0.2, -0.15) is 0 Å². The normalized spacial score (nSPS) is 10.6. The fraction of sp³-hybridized carbons (Fsp3) is 0.0909. The zero-order chi connectivity index (χ0) is 11.7. The number of anilines is 1. The van der Waals surface area contributed by atoms with Crippen molar-refractivity contribution in [2.75, 3.05) is 12.4 Å². The van der Waals surface area contributed by atoms with Gasteiger partial charge < -0.3 is 5.32 Å². The Morgan fingerprint density at radius 3 is 2.94 bits per heavy atom. The Bertz CT molecular complexity index is 649. The zero-order valence-corrected chi connectivity index (χ0v) is 9.90. The van der Waals surface area contributed by atoms with E-state index in [1.54, 1.807) is 29.9 Å². The van der Waals surface area contributed by atoms with E-state index >= 15 is 0 Å². The first-order chi connectivity index (χ1) is 8.38. The number of nitrogens with zero attached hydrogens (tertiary/aromatic N) is 4. The molecule has 3 rings (SSSR count). The summed E-state index contributed by atoms with van der Waals surface area (Å²) in [5.41, 5.74) is 0.680. The van der Waals surface area contributed by atoms with Gasteiger partial charge in [0.05, 0.1) is 11.6 Å².